The van der Waals surface area contributed by atoms with Crippen molar-refractivity contribution in [2.45, 2.75) is 26.3 Å². The maximum atomic E-state index is 12.1. The van der Waals surface area contributed by atoms with Crippen LogP contribution in [0, 0.1) is 6.92 Å². The number of carboxylic acid groups (broad SMARTS) is 1. The van der Waals surface area contributed by atoms with Gasteiger partial charge in [0, 0.05) is 18.8 Å². The van der Waals surface area contributed by atoms with E-state index in [1.165, 1.54) is 6.07 Å². The molecule has 2 N–H and O–H groups in total. The number of aromatic carboxylic acids is 1. The number of carbonyl (C=O) groups excluding carboxylic acids is 1. The van der Waals surface area contributed by atoms with Gasteiger partial charge in [-0.1, -0.05) is 0 Å². The van der Waals surface area contributed by atoms with Gasteiger partial charge in [-0.2, -0.15) is 11.8 Å². The molecule has 0 aromatic heterocycles. The minimum absolute atomic E-state index is 0.150. The monoisotopic (exact) mass is 310 g/mol. The van der Waals surface area contributed by atoms with Crippen LogP contribution in [0.1, 0.15) is 29.3 Å². The second kappa shape index (κ2) is 7.93. The maximum Gasteiger partial charge on any atom is 0.335 e. The summed E-state index contributed by atoms with van der Waals surface area (Å²) in [6, 6.07) is 4.74. The highest BCUT2D eigenvalue weighted by atomic mass is 32.2. The minimum Gasteiger partial charge on any atom is -0.478 e. The van der Waals surface area contributed by atoms with E-state index in [-0.39, 0.29) is 17.6 Å². The Bertz CT molecular complexity index is 520. The van der Waals surface area contributed by atoms with Gasteiger partial charge in [-0.25, -0.2) is 9.59 Å². The van der Waals surface area contributed by atoms with E-state index in [4.69, 9.17) is 5.11 Å². The molecule has 0 spiro atoms. The zero-order valence-electron chi connectivity index (χ0n) is 12.8. The molecule has 2 amide bonds. The molecule has 0 aliphatic rings. The van der Waals surface area contributed by atoms with Crippen LogP contribution in [0.3, 0.4) is 0 Å². The fourth-order valence-electron chi connectivity index (χ4n) is 1.88. The Hall–Kier alpha value is -1.69. The molecule has 1 atom stereocenters. The fraction of sp³-hybridized carbons (Fsp3) is 0.467. The Morgan fingerprint density at radius 1 is 1.43 bits per heavy atom. The Morgan fingerprint density at radius 3 is 2.62 bits per heavy atom. The molecule has 1 rings (SSSR count). The first-order valence-electron chi connectivity index (χ1n) is 6.73. The quantitative estimate of drug-likeness (QED) is 0.846. The summed E-state index contributed by atoms with van der Waals surface area (Å²) in [7, 11) is 1.76. The summed E-state index contributed by atoms with van der Waals surface area (Å²) >= 11 is 1.76. The number of rotatable bonds is 6. The molecular formula is C15H22N2O3S. The zero-order chi connectivity index (χ0) is 16.0. The van der Waals surface area contributed by atoms with E-state index in [1.54, 1.807) is 42.8 Å². The standard InChI is InChI=1S/C15H22N2O3S/c1-10-9-12(5-6-13(10)14(18)19)16-15(20)17(3)11(2)7-8-21-4/h5-6,9,11H,7-8H2,1-4H3,(H,16,20)(H,18,19). The minimum atomic E-state index is -0.965. The van der Waals surface area contributed by atoms with Crippen LogP contribution in [0.2, 0.25) is 0 Å². The van der Waals surface area contributed by atoms with Gasteiger partial charge in [0.15, 0.2) is 0 Å². The Morgan fingerprint density at radius 2 is 2.10 bits per heavy atom. The predicted octanol–water partition coefficient (Wildman–Crippen LogP) is 3.30. The summed E-state index contributed by atoms with van der Waals surface area (Å²) in [6.45, 7) is 3.72. The highest BCUT2D eigenvalue weighted by Gasteiger charge is 2.16. The van der Waals surface area contributed by atoms with Crippen LogP contribution < -0.4 is 5.32 Å². The topological polar surface area (TPSA) is 69.6 Å². The molecule has 0 fully saturated rings. The normalized spacial score (nSPS) is 11.8. The van der Waals surface area contributed by atoms with Gasteiger partial charge in [-0.3, -0.25) is 0 Å². The molecule has 1 unspecified atom stereocenters. The molecule has 5 nitrogen and oxygen atoms in total. The summed E-state index contributed by atoms with van der Waals surface area (Å²) in [4.78, 5) is 24.8. The lowest BCUT2D eigenvalue weighted by atomic mass is 10.1. The molecule has 0 radical (unpaired) electrons. The molecular weight excluding hydrogens is 288 g/mol. The second-order valence-electron chi connectivity index (χ2n) is 5.01. The lowest BCUT2D eigenvalue weighted by Crippen LogP contribution is -2.38. The van der Waals surface area contributed by atoms with Gasteiger partial charge in [-0.05, 0) is 56.0 Å². The number of thioether (sulfide) groups is 1. The van der Waals surface area contributed by atoms with E-state index < -0.39 is 5.97 Å². The highest BCUT2D eigenvalue weighted by molar-refractivity contribution is 7.98. The molecule has 0 heterocycles. The number of aryl methyl sites for hydroxylation is 1. The Labute approximate surface area is 129 Å². The van der Waals surface area contributed by atoms with Gasteiger partial charge in [0.25, 0.3) is 0 Å². The summed E-state index contributed by atoms with van der Waals surface area (Å²) in [5.41, 5.74) is 1.47. The van der Waals surface area contributed by atoms with E-state index in [2.05, 4.69) is 5.32 Å². The van der Waals surface area contributed by atoms with Gasteiger partial charge in [0.05, 0.1) is 5.56 Å². The summed E-state index contributed by atoms with van der Waals surface area (Å²) < 4.78 is 0. The molecule has 0 saturated carbocycles. The van der Waals surface area contributed by atoms with E-state index in [1.807, 2.05) is 13.2 Å². The second-order valence-corrected chi connectivity index (χ2v) is 5.99. The van der Waals surface area contributed by atoms with Crippen molar-refractivity contribution < 1.29 is 14.7 Å². The van der Waals surface area contributed by atoms with Crippen LogP contribution in [-0.2, 0) is 0 Å². The highest BCUT2D eigenvalue weighted by Crippen LogP contribution is 2.16. The molecule has 0 saturated heterocycles. The smallest absolute Gasteiger partial charge is 0.335 e. The first-order valence-corrected chi connectivity index (χ1v) is 8.13. The third-order valence-electron chi connectivity index (χ3n) is 3.43. The molecule has 0 aliphatic heterocycles. The van der Waals surface area contributed by atoms with Crippen molar-refractivity contribution in [2.24, 2.45) is 0 Å². The van der Waals surface area contributed by atoms with Crippen LogP contribution in [0.5, 0.6) is 0 Å². The van der Waals surface area contributed by atoms with Crippen molar-refractivity contribution in [3.05, 3.63) is 29.3 Å². The Balaban J connectivity index is 2.70. The SMILES string of the molecule is CSCCC(C)N(C)C(=O)Nc1ccc(C(=O)O)c(C)c1. The van der Waals surface area contributed by atoms with Crippen molar-refractivity contribution in [2.75, 3.05) is 24.4 Å². The predicted molar refractivity (Wildman–Crippen MR) is 87.4 cm³/mol. The number of benzene rings is 1. The third kappa shape index (κ3) is 4.97. The fourth-order valence-corrected chi connectivity index (χ4v) is 2.45. The van der Waals surface area contributed by atoms with E-state index in [9.17, 15) is 9.59 Å². The first kappa shape index (κ1) is 17.4. The average molecular weight is 310 g/mol. The van der Waals surface area contributed by atoms with Crippen LogP contribution in [0.25, 0.3) is 0 Å². The summed E-state index contributed by atoms with van der Waals surface area (Å²) in [5.74, 6) is 0.0405. The number of hydrogen-bond donors (Lipinski definition) is 2. The third-order valence-corrected chi connectivity index (χ3v) is 4.07. The number of amides is 2. The largest absolute Gasteiger partial charge is 0.478 e. The van der Waals surface area contributed by atoms with Crippen LogP contribution in [0.15, 0.2) is 18.2 Å². The van der Waals surface area contributed by atoms with E-state index >= 15 is 0 Å². The van der Waals surface area contributed by atoms with Crippen molar-refractivity contribution in [3.8, 4) is 0 Å². The number of carbonyl (C=O) groups is 2. The molecule has 116 valence electrons. The van der Waals surface area contributed by atoms with Gasteiger partial charge >= 0.3 is 12.0 Å². The molecule has 0 aliphatic carbocycles. The number of nitrogens with one attached hydrogen (secondary N) is 1. The number of anilines is 1. The van der Waals surface area contributed by atoms with Crippen LogP contribution in [0.4, 0.5) is 10.5 Å². The molecule has 6 heteroatoms. The van der Waals surface area contributed by atoms with Gasteiger partial charge < -0.3 is 15.3 Å². The summed E-state index contributed by atoms with van der Waals surface area (Å²) in [5, 5.41) is 11.8. The molecule has 1 aromatic rings. The maximum absolute atomic E-state index is 12.1. The van der Waals surface area contributed by atoms with Gasteiger partial charge in [0.1, 0.15) is 0 Å². The number of nitrogens with zero attached hydrogens (tertiary/aromatic N) is 1. The Kier molecular flexibility index (Phi) is 6.55. The lowest BCUT2D eigenvalue weighted by molar-refractivity contribution is 0.0696. The first-order chi connectivity index (χ1) is 9.86. The van der Waals surface area contributed by atoms with Crippen molar-refractivity contribution in [1.82, 2.24) is 4.90 Å². The summed E-state index contributed by atoms with van der Waals surface area (Å²) in [6.07, 6.45) is 2.97. The molecule has 21 heavy (non-hydrogen) atoms. The van der Waals surface area contributed by atoms with Crippen molar-refractivity contribution in [3.63, 3.8) is 0 Å². The van der Waals surface area contributed by atoms with Crippen LogP contribution >= 0.6 is 11.8 Å². The van der Waals surface area contributed by atoms with Gasteiger partial charge in [0.2, 0.25) is 0 Å². The lowest BCUT2D eigenvalue weighted by Gasteiger charge is -2.25. The van der Waals surface area contributed by atoms with Crippen molar-refractivity contribution in [1.29, 1.82) is 0 Å². The van der Waals surface area contributed by atoms with E-state index in [0.717, 1.165) is 12.2 Å². The van der Waals surface area contributed by atoms with Gasteiger partial charge in [-0.15, -0.1) is 0 Å². The van der Waals surface area contributed by atoms with Crippen molar-refractivity contribution >= 4 is 29.4 Å². The molecule has 0 bridgehead atoms. The number of carboxylic acids is 1. The number of urea groups is 1. The number of hydrogen-bond acceptors (Lipinski definition) is 3. The average Bonchev–Trinajstić information content (AvgIpc) is 2.43. The van der Waals surface area contributed by atoms with Crippen LogP contribution in [-0.4, -0.2) is 47.1 Å². The van der Waals surface area contributed by atoms with E-state index in [0.29, 0.717) is 11.3 Å². The molecule has 1 aromatic carbocycles. The zero-order valence-corrected chi connectivity index (χ0v) is 13.7.